The van der Waals surface area contributed by atoms with Crippen molar-refractivity contribution >= 4 is 17.4 Å². The Kier molecular flexibility index (Phi) is 7.98. The molecule has 0 spiro atoms. The summed E-state index contributed by atoms with van der Waals surface area (Å²) in [7, 11) is 0. The zero-order valence-electron chi connectivity index (χ0n) is 11.2. The molecule has 0 saturated carbocycles. The molecule has 1 aromatic rings. The lowest BCUT2D eigenvalue weighted by molar-refractivity contribution is 0.795. The Morgan fingerprint density at radius 3 is 2.47 bits per heavy atom. The molecule has 0 bridgehead atoms. The van der Waals surface area contributed by atoms with Gasteiger partial charge in [-0.25, -0.2) is 0 Å². The van der Waals surface area contributed by atoms with E-state index in [1.165, 1.54) is 48.4 Å². The Morgan fingerprint density at radius 1 is 1.06 bits per heavy atom. The van der Waals surface area contributed by atoms with Gasteiger partial charge in [0.1, 0.15) is 0 Å². The van der Waals surface area contributed by atoms with Crippen LogP contribution < -0.4 is 5.32 Å². The molecular weight excluding hydrogens is 226 g/mol. The topological polar surface area (TPSA) is 12.0 Å². The molecular formula is C15H25NS. The molecule has 0 aliphatic carbocycles. The van der Waals surface area contributed by atoms with E-state index in [1.54, 1.807) is 0 Å². The molecule has 17 heavy (non-hydrogen) atoms. The summed E-state index contributed by atoms with van der Waals surface area (Å²) >= 11 is 2.01. The van der Waals surface area contributed by atoms with Gasteiger partial charge in [0.25, 0.3) is 0 Å². The number of anilines is 1. The number of benzene rings is 1. The van der Waals surface area contributed by atoms with Gasteiger partial charge in [0.05, 0.1) is 0 Å². The lowest BCUT2D eigenvalue weighted by Gasteiger charge is -2.07. The first-order chi connectivity index (χ1) is 8.36. The van der Waals surface area contributed by atoms with E-state index in [1.807, 2.05) is 11.8 Å². The third-order valence-corrected chi connectivity index (χ3v) is 3.76. The molecule has 0 atom stereocenters. The zero-order chi connectivity index (χ0) is 12.3. The van der Waals surface area contributed by atoms with Gasteiger partial charge in [-0.15, -0.1) is 0 Å². The molecule has 0 aromatic heterocycles. The minimum absolute atomic E-state index is 1.08. The van der Waals surface area contributed by atoms with Crippen LogP contribution in [0, 0.1) is 0 Å². The van der Waals surface area contributed by atoms with E-state index in [9.17, 15) is 0 Å². The van der Waals surface area contributed by atoms with Crippen molar-refractivity contribution in [3.8, 4) is 0 Å². The third kappa shape index (κ3) is 6.62. The number of rotatable bonds is 9. The largest absolute Gasteiger partial charge is 0.385 e. The first-order valence-electron chi connectivity index (χ1n) is 6.77. The molecule has 1 rings (SSSR count). The minimum Gasteiger partial charge on any atom is -0.385 e. The van der Waals surface area contributed by atoms with Crippen LogP contribution in [0.1, 0.15) is 38.7 Å². The molecule has 0 amide bonds. The Bertz CT molecular complexity index is 281. The first-order valence-corrected chi connectivity index (χ1v) is 7.92. The predicted molar refractivity (Wildman–Crippen MR) is 81.2 cm³/mol. The molecule has 0 fully saturated rings. The number of aryl methyl sites for hydroxylation is 1. The molecule has 0 saturated heterocycles. The number of hydrogen-bond acceptors (Lipinski definition) is 2. The fourth-order valence-corrected chi connectivity index (χ4v) is 2.36. The second-order valence-electron chi connectivity index (χ2n) is 4.28. The molecule has 1 nitrogen and oxygen atoms in total. The molecule has 0 aliphatic heterocycles. The molecule has 0 heterocycles. The van der Waals surface area contributed by atoms with Crippen LogP contribution in [0.2, 0.25) is 0 Å². The quantitative estimate of drug-likeness (QED) is 0.645. The van der Waals surface area contributed by atoms with Crippen molar-refractivity contribution in [1.29, 1.82) is 0 Å². The number of thioether (sulfide) groups is 1. The fourth-order valence-electron chi connectivity index (χ4n) is 1.72. The molecule has 1 aromatic carbocycles. The van der Waals surface area contributed by atoms with Crippen LogP contribution in [-0.4, -0.2) is 18.1 Å². The van der Waals surface area contributed by atoms with Crippen LogP contribution >= 0.6 is 11.8 Å². The van der Waals surface area contributed by atoms with E-state index < -0.39 is 0 Å². The minimum atomic E-state index is 1.08. The maximum absolute atomic E-state index is 3.47. The van der Waals surface area contributed by atoms with Gasteiger partial charge in [0.2, 0.25) is 0 Å². The van der Waals surface area contributed by atoms with Crippen molar-refractivity contribution in [1.82, 2.24) is 0 Å². The Labute approximate surface area is 110 Å². The standard InChI is InChI=1S/C15H25NS/c1-3-5-7-14-8-10-15(11-9-14)16-12-6-13-17-4-2/h8-11,16H,3-7,12-13H2,1-2H3. The maximum atomic E-state index is 3.47. The van der Waals surface area contributed by atoms with E-state index in [0.717, 1.165) is 6.54 Å². The molecule has 1 N–H and O–H groups in total. The predicted octanol–water partition coefficient (Wildman–Crippen LogP) is 4.58. The highest BCUT2D eigenvalue weighted by molar-refractivity contribution is 7.99. The summed E-state index contributed by atoms with van der Waals surface area (Å²) in [4.78, 5) is 0. The molecule has 96 valence electrons. The summed E-state index contributed by atoms with van der Waals surface area (Å²) in [6, 6.07) is 8.91. The lowest BCUT2D eigenvalue weighted by Crippen LogP contribution is -2.02. The van der Waals surface area contributed by atoms with Gasteiger partial charge in [-0.3, -0.25) is 0 Å². The van der Waals surface area contributed by atoms with Gasteiger partial charge >= 0.3 is 0 Å². The summed E-state index contributed by atoms with van der Waals surface area (Å²) in [6.45, 7) is 5.54. The third-order valence-electron chi connectivity index (χ3n) is 2.77. The summed E-state index contributed by atoms with van der Waals surface area (Å²) in [5, 5.41) is 3.47. The molecule has 0 unspecified atom stereocenters. The average molecular weight is 251 g/mol. The van der Waals surface area contributed by atoms with E-state index >= 15 is 0 Å². The van der Waals surface area contributed by atoms with Crippen molar-refractivity contribution in [2.75, 3.05) is 23.4 Å². The normalized spacial score (nSPS) is 10.5. The Hall–Kier alpha value is -0.630. The summed E-state index contributed by atoms with van der Waals surface area (Å²) in [6.07, 6.45) is 5.02. The van der Waals surface area contributed by atoms with Gasteiger partial charge in [-0.2, -0.15) is 11.8 Å². The van der Waals surface area contributed by atoms with Gasteiger partial charge in [-0.1, -0.05) is 32.4 Å². The Balaban J connectivity index is 2.20. The van der Waals surface area contributed by atoms with Gasteiger partial charge in [0.15, 0.2) is 0 Å². The highest BCUT2D eigenvalue weighted by atomic mass is 32.2. The van der Waals surface area contributed by atoms with Crippen molar-refractivity contribution in [2.45, 2.75) is 39.5 Å². The van der Waals surface area contributed by atoms with Crippen LogP contribution in [0.4, 0.5) is 5.69 Å². The Morgan fingerprint density at radius 2 is 1.82 bits per heavy atom. The van der Waals surface area contributed by atoms with E-state index in [-0.39, 0.29) is 0 Å². The lowest BCUT2D eigenvalue weighted by atomic mass is 10.1. The maximum Gasteiger partial charge on any atom is 0.0340 e. The van der Waals surface area contributed by atoms with Gasteiger partial charge < -0.3 is 5.32 Å². The zero-order valence-corrected chi connectivity index (χ0v) is 12.0. The molecule has 0 radical (unpaired) electrons. The van der Waals surface area contributed by atoms with E-state index in [4.69, 9.17) is 0 Å². The monoisotopic (exact) mass is 251 g/mol. The fraction of sp³-hybridized carbons (Fsp3) is 0.600. The number of unbranched alkanes of at least 4 members (excludes halogenated alkanes) is 1. The van der Waals surface area contributed by atoms with Crippen LogP contribution in [0.15, 0.2) is 24.3 Å². The van der Waals surface area contributed by atoms with Crippen molar-refractivity contribution in [2.24, 2.45) is 0 Å². The highest BCUT2D eigenvalue weighted by Crippen LogP contribution is 2.12. The van der Waals surface area contributed by atoms with Crippen molar-refractivity contribution in [3.05, 3.63) is 29.8 Å². The second kappa shape index (κ2) is 9.41. The van der Waals surface area contributed by atoms with Crippen LogP contribution in [0.5, 0.6) is 0 Å². The van der Waals surface area contributed by atoms with E-state index in [0.29, 0.717) is 0 Å². The van der Waals surface area contributed by atoms with E-state index in [2.05, 4.69) is 43.4 Å². The first kappa shape index (κ1) is 14.4. The summed E-state index contributed by atoms with van der Waals surface area (Å²) in [5.41, 5.74) is 2.71. The summed E-state index contributed by atoms with van der Waals surface area (Å²) < 4.78 is 0. The second-order valence-corrected chi connectivity index (χ2v) is 5.67. The SMILES string of the molecule is CCCCc1ccc(NCCCSCC)cc1. The van der Waals surface area contributed by atoms with Crippen LogP contribution in [0.3, 0.4) is 0 Å². The molecule has 2 heteroatoms. The number of hydrogen-bond donors (Lipinski definition) is 1. The van der Waals surface area contributed by atoms with Gasteiger partial charge in [0, 0.05) is 12.2 Å². The highest BCUT2D eigenvalue weighted by Gasteiger charge is 1.94. The molecule has 0 aliphatic rings. The average Bonchev–Trinajstić information content (AvgIpc) is 2.37. The number of nitrogens with one attached hydrogen (secondary N) is 1. The van der Waals surface area contributed by atoms with Crippen LogP contribution in [-0.2, 0) is 6.42 Å². The van der Waals surface area contributed by atoms with Crippen molar-refractivity contribution in [3.63, 3.8) is 0 Å². The van der Waals surface area contributed by atoms with Gasteiger partial charge in [-0.05, 0) is 48.5 Å². The summed E-state index contributed by atoms with van der Waals surface area (Å²) in [5.74, 6) is 2.49. The van der Waals surface area contributed by atoms with Crippen molar-refractivity contribution < 1.29 is 0 Å². The smallest absolute Gasteiger partial charge is 0.0340 e. The van der Waals surface area contributed by atoms with Crippen LogP contribution in [0.25, 0.3) is 0 Å².